The van der Waals surface area contributed by atoms with Crippen LogP contribution in [0.25, 0.3) is 17.2 Å². The van der Waals surface area contributed by atoms with E-state index in [9.17, 15) is 14.4 Å². The number of esters is 1. The van der Waals surface area contributed by atoms with Crippen LogP contribution in [0.3, 0.4) is 0 Å². The molecular formula is C26H35N7O6. The maximum Gasteiger partial charge on any atom is 0.410 e. The average Bonchev–Trinajstić information content (AvgIpc) is 3.35. The molecule has 4 heterocycles. The standard InChI is InChI=1S/C26H35N7O6/c1-7-18-21(30-11-13-31(14-12-30)25(36)39-26(3,4)5)23(35)33-24(32(18)16-20(34)38-8-2)28-22(29-33)17-9-10-27-19(15-17)37-6/h9-10,15H,7-8,11-14,16H2,1-6H3. The Kier molecular flexibility index (Phi) is 8.07. The first kappa shape index (κ1) is 27.9. The molecule has 39 heavy (non-hydrogen) atoms. The molecule has 0 spiro atoms. The minimum Gasteiger partial charge on any atom is -0.481 e. The number of methoxy groups -OCH3 is 1. The predicted molar refractivity (Wildman–Crippen MR) is 143 cm³/mol. The molecule has 0 aliphatic carbocycles. The van der Waals surface area contributed by atoms with Gasteiger partial charge in [0.25, 0.3) is 5.56 Å². The first-order chi connectivity index (χ1) is 18.6. The number of fused-ring (bicyclic) bond motifs is 1. The van der Waals surface area contributed by atoms with Gasteiger partial charge in [0.15, 0.2) is 5.82 Å². The van der Waals surface area contributed by atoms with Gasteiger partial charge in [0.05, 0.1) is 19.4 Å². The molecule has 0 bridgehead atoms. The molecular weight excluding hydrogens is 506 g/mol. The van der Waals surface area contributed by atoms with Crippen LogP contribution in [0.2, 0.25) is 0 Å². The Morgan fingerprint density at radius 2 is 1.82 bits per heavy atom. The number of hydrogen-bond donors (Lipinski definition) is 0. The third-order valence-corrected chi connectivity index (χ3v) is 6.20. The van der Waals surface area contributed by atoms with Gasteiger partial charge in [0.2, 0.25) is 11.7 Å². The van der Waals surface area contributed by atoms with Crippen molar-refractivity contribution in [1.29, 1.82) is 0 Å². The zero-order chi connectivity index (χ0) is 28.3. The fourth-order valence-electron chi connectivity index (χ4n) is 4.49. The van der Waals surface area contributed by atoms with Gasteiger partial charge in [-0.15, -0.1) is 5.10 Å². The van der Waals surface area contributed by atoms with Crippen molar-refractivity contribution < 1.29 is 23.8 Å². The van der Waals surface area contributed by atoms with Crippen molar-refractivity contribution in [2.45, 2.75) is 53.2 Å². The molecule has 4 rings (SSSR count). The molecule has 1 amide bonds. The zero-order valence-electron chi connectivity index (χ0n) is 23.3. The number of amides is 1. The van der Waals surface area contributed by atoms with E-state index in [0.717, 1.165) is 0 Å². The molecule has 13 heteroatoms. The van der Waals surface area contributed by atoms with Gasteiger partial charge in [-0.3, -0.25) is 9.59 Å². The van der Waals surface area contributed by atoms with E-state index < -0.39 is 11.6 Å². The van der Waals surface area contributed by atoms with E-state index in [1.807, 2.05) is 32.6 Å². The lowest BCUT2D eigenvalue weighted by atomic mass is 10.2. The highest BCUT2D eigenvalue weighted by Gasteiger charge is 2.30. The molecule has 0 unspecified atom stereocenters. The van der Waals surface area contributed by atoms with Crippen molar-refractivity contribution in [1.82, 2.24) is 29.0 Å². The fourth-order valence-corrected chi connectivity index (χ4v) is 4.49. The summed E-state index contributed by atoms with van der Waals surface area (Å²) in [5, 5.41) is 4.51. The normalized spacial score (nSPS) is 14.0. The first-order valence-electron chi connectivity index (χ1n) is 13.0. The predicted octanol–water partition coefficient (Wildman–Crippen LogP) is 2.14. The summed E-state index contributed by atoms with van der Waals surface area (Å²) in [5.41, 5.74) is 0.712. The lowest BCUT2D eigenvalue weighted by molar-refractivity contribution is -0.143. The largest absolute Gasteiger partial charge is 0.481 e. The van der Waals surface area contributed by atoms with E-state index >= 15 is 0 Å². The Labute approximate surface area is 226 Å². The topological polar surface area (TPSA) is 133 Å². The number of nitrogens with zero attached hydrogens (tertiary/aromatic N) is 7. The Morgan fingerprint density at radius 1 is 1.10 bits per heavy atom. The van der Waals surface area contributed by atoms with Gasteiger partial charge in [-0.25, -0.2) is 9.78 Å². The maximum absolute atomic E-state index is 13.9. The molecule has 210 valence electrons. The fraction of sp³-hybridized carbons (Fsp3) is 0.538. The lowest BCUT2D eigenvalue weighted by Gasteiger charge is -2.37. The minimum absolute atomic E-state index is 0.135. The zero-order valence-corrected chi connectivity index (χ0v) is 23.3. The van der Waals surface area contributed by atoms with E-state index in [2.05, 4.69) is 15.1 Å². The molecule has 3 aromatic rings. The number of rotatable bonds is 7. The van der Waals surface area contributed by atoms with E-state index in [4.69, 9.17) is 14.2 Å². The van der Waals surface area contributed by atoms with Crippen LogP contribution < -0.4 is 15.2 Å². The van der Waals surface area contributed by atoms with Crippen LogP contribution >= 0.6 is 0 Å². The van der Waals surface area contributed by atoms with Gasteiger partial charge in [-0.1, -0.05) is 6.92 Å². The van der Waals surface area contributed by atoms with Gasteiger partial charge in [0.1, 0.15) is 17.8 Å². The van der Waals surface area contributed by atoms with Crippen molar-refractivity contribution in [3.8, 4) is 17.3 Å². The quantitative estimate of drug-likeness (QED) is 0.410. The molecule has 13 nitrogen and oxygen atoms in total. The number of piperazine rings is 1. The number of pyridine rings is 1. The highest BCUT2D eigenvalue weighted by molar-refractivity contribution is 5.71. The van der Waals surface area contributed by atoms with Crippen molar-refractivity contribution in [3.05, 3.63) is 34.4 Å². The van der Waals surface area contributed by atoms with Crippen molar-refractivity contribution in [3.63, 3.8) is 0 Å². The Hall–Kier alpha value is -4.16. The molecule has 0 aromatic carbocycles. The summed E-state index contributed by atoms with van der Waals surface area (Å²) in [6.45, 7) is 10.8. The minimum atomic E-state index is -0.598. The molecule has 1 aliphatic heterocycles. The first-order valence-corrected chi connectivity index (χ1v) is 13.0. The van der Waals surface area contributed by atoms with Crippen LogP contribution in [-0.2, 0) is 27.2 Å². The summed E-state index contributed by atoms with van der Waals surface area (Å²) in [7, 11) is 1.51. The van der Waals surface area contributed by atoms with Crippen molar-refractivity contribution in [2.24, 2.45) is 0 Å². The molecule has 0 radical (unpaired) electrons. The average molecular weight is 542 g/mol. The summed E-state index contributed by atoms with van der Waals surface area (Å²) in [6.07, 6.45) is 1.64. The number of carbonyl (C=O) groups excluding carboxylic acids is 2. The third-order valence-electron chi connectivity index (χ3n) is 6.20. The summed E-state index contributed by atoms with van der Waals surface area (Å²) in [4.78, 5) is 51.4. The summed E-state index contributed by atoms with van der Waals surface area (Å²) < 4.78 is 18.8. The van der Waals surface area contributed by atoms with Gasteiger partial charge in [-0.2, -0.15) is 9.50 Å². The summed E-state index contributed by atoms with van der Waals surface area (Å²) in [6, 6.07) is 3.39. The summed E-state index contributed by atoms with van der Waals surface area (Å²) >= 11 is 0. The summed E-state index contributed by atoms with van der Waals surface area (Å²) in [5.74, 6) is 0.450. The smallest absolute Gasteiger partial charge is 0.410 e. The molecule has 1 saturated heterocycles. The lowest BCUT2D eigenvalue weighted by Crippen LogP contribution is -2.51. The van der Waals surface area contributed by atoms with E-state index in [1.165, 1.54) is 11.6 Å². The molecule has 0 atom stereocenters. The number of anilines is 1. The third kappa shape index (κ3) is 5.96. The van der Waals surface area contributed by atoms with Gasteiger partial charge < -0.3 is 28.6 Å². The van der Waals surface area contributed by atoms with E-state index in [-0.39, 0.29) is 30.6 Å². The van der Waals surface area contributed by atoms with E-state index in [0.29, 0.717) is 61.2 Å². The second kappa shape index (κ2) is 11.3. The molecule has 0 saturated carbocycles. The monoisotopic (exact) mass is 541 g/mol. The molecule has 3 aromatic heterocycles. The second-order valence-corrected chi connectivity index (χ2v) is 10.0. The van der Waals surface area contributed by atoms with Crippen LogP contribution in [0.15, 0.2) is 23.1 Å². The van der Waals surface area contributed by atoms with Crippen LogP contribution in [0.1, 0.15) is 40.3 Å². The number of carbonyl (C=O) groups is 2. The van der Waals surface area contributed by atoms with Crippen molar-refractivity contribution >= 4 is 23.5 Å². The number of aromatic nitrogens is 5. The van der Waals surface area contributed by atoms with Gasteiger partial charge >= 0.3 is 12.1 Å². The molecule has 0 N–H and O–H groups in total. The van der Waals surface area contributed by atoms with Crippen LogP contribution in [0.4, 0.5) is 10.5 Å². The highest BCUT2D eigenvalue weighted by atomic mass is 16.6. The molecule has 1 aliphatic rings. The maximum atomic E-state index is 13.9. The second-order valence-electron chi connectivity index (χ2n) is 10.0. The Morgan fingerprint density at radius 3 is 2.44 bits per heavy atom. The van der Waals surface area contributed by atoms with Gasteiger partial charge in [0, 0.05) is 44.0 Å². The van der Waals surface area contributed by atoms with Crippen molar-refractivity contribution in [2.75, 3.05) is 44.8 Å². The SMILES string of the molecule is CCOC(=O)Cn1c(CC)c(N2CCN(C(=O)OC(C)(C)C)CC2)c(=O)n2nc(-c3ccnc(OC)c3)nc12. The van der Waals surface area contributed by atoms with Crippen LogP contribution in [0, 0.1) is 0 Å². The van der Waals surface area contributed by atoms with Gasteiger partial charge in [-0.05, 0) is 40.2 Å². The Bertz CT molecular complexity index is 1420. The number of ether oxygens (including phenoxy) is 3. The van der Waals surface area contributed by atoms with E-state index in [1.54, 1.807) is 34.7 Å². The molecule has 1 fully saturated rings. The number of hydrogen-bond acceptors (Lipinski definition) is 10. The van der Waals surface area contributed by atoms with Crippen LogP contribution in [-0.4, -0.2) is 86.6 Å². The van der Waals surface area contributed by atoms with Crippen LogP contribution in [0.5, 0.6) is 5.88 Å². The highest BCUT2D eigenvalue weighted by Crippen LogP contribution is 2.24. The Balaban J connectivity index is 1.78.